The topological polar surface area (TPSA) is 92.3 Å². The second-order valence-corrected chi connectivity index (χ2v) is 8.20. The number of halogens is 3. The fraction of sp³-hybridized carbons (Fsp3) is 0.375. The van der Waals surface area contributed by atoms with Gasteiger partial charge in [-0.2, -0.15) is 13.2 Å². The summed E-state index contributed by atoms with van der Waals surface area (Å²) in [6.07, 6.45) is -1.94. The first-order chi connectivity index (χ1) is 12.0. The highest BCUT2D eigenvalue weighted by molar-refractivity contribution is 7.91. The fourth-order valence-corrected chi connectivity index (χ4v) is 4.37. The van der Waals surface area contributed by atoms with Gasteiger partial charge in [0.25, 0.3) is 5.91 Å². The van der Waals surface area contributed by atoms with Crippen molar-refractivity contribution in [3.63, 3.8) is 0 Å². The van der Waals surface area contributed by atoms with Gasteiger partial charge in [0.05, 0.1) is 17.1 Å². The molecule has 1 atom stereocenters. The molecule has 1 aromatic carbocycles. The molecule has 26 heavy (non-hydrogen) atoms. The van der Waals surface area contributed by atoms with Crippen LogP contribution in [0.25, 0.3) is 6.08 Å². The molecule has 6 nitrogen and oxygen atoms in total. The smallest absolute Gasteiger partial charge is 0.273 e. The number of hydrogen-bond acceptors (Lipinski definition) is 4. The van der Waals surface area contributed by atoms with E-state index in [0.717, 1.165) is 18.2 Å². The van der Waals surface area contributed by atoms with Gasteiger partial charge in [0.2, 0.25) is 5.91 Å². The molecule has 2 amide bonds. The van der Waals surface area contributed by atoms with Crippen molar-refractivity contribution >= 4 is 27.7 Å². The van der Waals surface area contributed by atoms with Crippen LogP contribution in [-0.2, 0) is 25.6 Å². The largest absolute Gasteiger partial charge is 0.416 e. The summed E-state index contributed by atoms with van der Waals surface area (Å²) in [6.45, 7) is 0. The Kier molecular flexibility index (Phi) is 6.06. The number of nitrogens with one attached hydrogen (secondary N) is 2. The normalized spacial score (nSPS) is 19.4. The fourth-order valence-electron chi connectivity index (χ4n) is 2.51. The maximum atomic E-state index is 12.6. The van der Waals surface area contributed by atoms with E-state index in [4.69, 9.17) is 0 Å². The molecular weight excluding hydrogens is 373 g/mol. The van der Waals surface area contributed by atoms with Crippen molar-refractivity contribution in [3.8, 4) is 0 Å². The van der Waals surface area contributed by atoms with E-state index < -0.39 is 33.4 Å². The molecule has 0 saturated carbocycles. The number of sulfone groups is 1. The number of alkyl halides is 3. The first-order valence-corrected chi connectivity index (χ1v) is 9.52. The second kappa shape index (κ2) is 7.90. The number of carbonyl (C=O) groups is 2. The lowest BCUT2D eigenvalue weighted by atomic mass is 10.1. The van der Waals surface area contributed by atoms with E-state index in [1.54, 1.807) is 0 Å². The van der Waals surface area contributed by atoms with Crippen molar-refractivity contribution in [1.82, 2.24) is 10.9 Å². The first kappa shape index (κ1) is 20.0. The van der Waals surface area contributed by atoms with Crippen LogP contribution >= 0.6 is 0 Å². The molecule has 0 aromatic heterocycles. The maximum Gasteiger partial charge on any atom is 0.416 e. The molecule has 1 fully saturated rings. The lowest BCUT2D eigenvalue weighted by molar-refractivity contribution is -0.137. The number of carbonyl (C=O) groups excluding carboxylic acids is 2. The highest BCUT2D eigenvalue weighted by Crippen LogP contribution is 2.29. The zero-order valence-electron chi connectivity index (χ0n) is 13.5. The molecule has 10 heteroatoms. The zero-order chi connectivity index (χ0) is 19.4. The van der Waals surface area contributed by atoms with Crippen LogP contribution in [0.1, 0.15) is 24.0 Å². The third-order valence-corrected chi connectivity index (χ3v) is 5.60. The van der Waals surface area contributed by atoms with Gasteiger partial charge in [0.15, 0.2) is 9.84 Å². The minimum atomic E-state index is -4.48. The van der Waals surface area contributed by atoms with E-state index in [0.29, 0.717) is 6.42 Å². The summed E-state index contributed by atoms with van der Waals surface area (Å²) in [4.78, 5) is 23.3. The molecule has 0 unspecified atom stereocenters. The Morgan fingerprint density at radius 3 is 2.58 bits per heavy atom. The van der Waals surface area contributed by atoms with Crippen molar-refractivity contribution in [1.29, 1.82) is 0 Å². The molecule has 0 spiro atoms. The minimum absolute atomic E-state index is 0.0309. The predicted octanol–water partition coefficient (Wildman–Crippen LogP) is 1.69. The van der Waals surface area contributed by atoms with Crippen molar-refractivity contribution in [2.24, 2.45) is 5.92 Å². The van der Waals surface area contributed by atoms with Gasteiger partial charge in [-0.15, -0.1) is 0 Å². The monoisotopic (exact) mass is 390 g/mol. The summed E-state index contributed by atoms with van der Waals surface area (Å²) in [5.74, 6) is -1.54. The Hall–Kier alpha value is -2.36. The molecule has 0 bridgehead atoms. The van der Waals surface area contributed by atoms with E-state index in [2.05, 4.69) is 10.9 Å². The lowest BCUT2D eigenvalue weighted by Gasteiger charge is -2.09. The van der Waals surface area contributed by atoms with Gasteiger partial charge in [-0.1, -0.05) is 12.1 Å². The van der Waals surface area contributed by atoms with Crippen molar-refractivity contribution in [2.45, 2.75) is 19.0 Å². The van der Waals surface area contributed by atoms with Gasteiger partial charge in [-0.25, -0.2) is 8.42 Å². The number of rotatable bonds is 4. The van der Waals surface area contributed by atoms with Gasteiger partial charge in [-0.3, -0.25) is 20.4 Å². The standard InChI is InChI=1S/C16H17F3N2O4S/c17-16(18,19)13-3-1-2-11(8-13)4-5-14(22)20-21-15(23)9-12-6-7-26(24,25)10-12/h1-5,8,12H,6-7,9-10H2,(H,20,22)(H,21,23)/b5-4+/t12-/m1/s1. The molecule has 1 aliphatic rings. The Morgan fingerprint density at radius 2 is 1.96 bits per heavy atom. The number of amides is 2. The average Bonchev–Trinajstić information content (AvgIpc) is 2.89. The Labute approximate surface area is 148 Å². The Balaban J connectivity index is 1.81. The highest BCUT2D eigenvalue weighted by Gasteiger charge is 2.30. The van der Waals surface area contributed by atoms with Crippen LogP contribution in [0.4, 0.5) is 13.2 Å². The van der Waals surface area contributed by atoms with Gasteiger partial charge in [0, 0.05) is 12.5 Å². The summed E-state index contributed by atoms with van der Waals surface area (Å²) in [5, 5.41) is 0. The minimum Gasteiger partial charge on any atom is -0.273 e. The molecule has 142 valence electrons. The molecule has 1 saturated heterocycles. The maximum absolute atomic E-state index is 12.6. The number of hydrazine groups is 1. The average molecular weight is 390 g/mol. The Morgan fingerprint density at radius 1 is 1.23 bits per heavy atom. The van der Waals surface area contributed by atoms with Crippen LogP contribution in [0.3, 0.4) is 0 Å². The quantitative estimate of drug-likeness (QED) is 0.605. The van der Waals surface area contributed by atoms with E-state index in [9.17, 15) is 31.2 Å². The molecule has 2 N–H and O–H groups in total. The van der Waals surface area contributed by atoms with Crippen LogP contribution in [0.15, 0.2) is 30.3 Å². The highest BCUT2D eigenvalue weighted by atomic mass is 32.2. The van der Waals surface area contributed by atoms with Crippen LogP contribution in [0.2, 0.25) is 0 Å². The SMILES string of the molecule is O=C(/C=C/c1cccc(C(F)(F)F)c1)NNC(=O)C[C@H]1CCS(=O)(=O)C1. The third kappa shape index (κ3) is 6.17. The van der Waals surface area contributed by atoms with Crippen molar-refractivity contribution < 1.29 is 31.2 Å². The molecule has 2 rings (SSSR count). The molecule has 1 aromatic rings. The van der Waals surface area contributed by atoms with E-state index in [1.165, 1.54) is 18.2 Å². The van der Waals surface area contributed by atoms with Crippen LogP contribution < -0.4 is 10.9 Å². The van der Waals surface area contributed by atoms with E-state index >= 15 is 0 Å². The Bertz CT molecular complexity index is 819. The first-order valence-electron chi connectivity index (χ1n) is 7.70. The molecular formula is C16H17F3N2O4S. The molecule has 0 aliphatic carbocycles. The van der Waals surface area contributed by atoms with Crippen molar-refractivity contribution in [2.75, 3.05) is 11.5 Å². The molecule has 1 heterocycles. The third-order valence-electron chi connectivity index (χ3n) is 3.77. The zero-order valence-corrected chi connectivity index (χ0v) is 14.4. The van der Waals surface area contributed by atoms with Gasteiger partial charge >= 0.3 is 6.18 Å². The summed E-state index contributed by atoms with van der Waals surface area (Å²) >= 11 is 0. The second-order valence-electron chi connectivity index (χ2n) is 5.97. The number of benzene rings is 1. The predicted molar refractivity (Wildman–Crippen MR) is 88.1 cm³/mol. The van der Waals surface area contributed by atoms with Crippen LogP contribution in [0, 0.1) is 5.92 Å². The molecule has 0 radical (unpaired) electrons. The van der Waals surface area contributed by atoms with Gasteiger partial charge in [0.1, 0.15) is 0 Å². The summed E-state index contributed by atoms with van der Waals surface area (Å²) < 4.78 is 60.4. The van der Waals surface area contributed by atoms with E-state index in [-0.39, 0.29) is 29.4 Å². The van der Waals surface area contributed by atoms with Crippen LogP contribution in [-0.4, -0.2) is 31.7 Å². The summed E-state index contributed by atoms with van der Waals surface area (Å²) in [7, 11) is -3.08. The van der Waals surface area contributed by atoms with E-state index in [1.807, 2.05) is 0 Å². The van der Waals surface area contributed by atoms with Crippen molar-refractivity contribution in [3.05, 3.63) is 41.5 Å². The van der Waals surface area contributed by atoms with Crippen LogP contribution in [0.5, 0.6) is 0 Å². The molecule has 1 aliphatic heterocycles. The summed E-state index contributed by atoms with van der Waals surface area (Å²) in [5.41, 5.74) is 3.58. The van der Waals surface area contributed by atoms with Gasteiger partial charge < -0.3 is 0 Å². The number of hydrogen-bond donors (Lipinski definition) is 2. The lowest BCUT2D eigenvalue weighted by Crippen LogP contribution is -2.41. The summed E-state index contributed by atoms with van der Waals surface area (Å²) in [6, 6.07) is 4.43. The van der Waals surface area contributed by atoms with Gasteiger partial charge in [-0.05, 0) is 36.1 Å².